The van der Waals surface area contributed by atoms with Crippen LogP contribution in [0.2, 0.25) is 0 Å². The van der Waals surface area contributed by atoms with Crippen LogP contribution >= 0.6 is 0 Å². The van der Waals surface area contributed by atoms with Gasteiger partial charge in [-0.05, 0) is 12.6 Å². The van der Waals surface area contributed by atoms with Gasteiger partial charge in [-0.2, -0.15) is 0 Å². The minimum absolute atomic E-state index is 0.546. The SMILES string of the molecule is CNCCOCCOCCOCCOCCOCCOCCOCc1ccccc1. The Morgan fingerprint density at radius 2 is 0.867 bits per heavy atom. The lowest BCUT2D eigenvalue weighted by Gasteiger charge is -2.08. The number of hydrogen-bond acceptors (Lipinski definition) is 8. The highest BCUT2D eigenvalue weighted by atomic mass is 16.6. The van der Waals surface area contributed by atoms with Crippen molar-refractivity contribution in [2.24, 2.45) is 0 Å². The highest BCUT2D eigenvalue weighted by Gasteiger charge is 1.95. The van der Waals surface area contributed by atoms with E-state index in [1.807, 2.05) is 37.4 Å². The van der Waals surface area contributed by atoms with E-state index in [1.54, 1.807) is 0 Å². The van der Waals surface area contributed by atoms with Gasteiger partial charge >= 0.3 is 0 Å². The zero-order valence-corrected chi connectivity index (χ0v) is 18.4. The topological polar surface area (TPSA) is 76.6 Å². The second-order valence-corrected chi connectivity index (χ2v) is 6.32. The number of rotatable bonds is 23. The van der Waals surface area contributed by atoms with Gasteiger partial charge in [-0.25, -0.2) is 0 Å². The molecule has 1 aromatic rings. The average molecular weight is 430 g/mol. The molecule has 1 N–H and O–H groups in total. The summed E-state index contributed by atoms with van der Waals surface area (Å²) in [5.41, 5.74) is 1.17. The van der Waals surface area contributed by atoms with Gasteiger partial charge in [0, 0.05) is 6.54 Å². The van der Waals surface area contributed by atoms with E-state index in [-0.39, 0.29) is 0 Å². The van der Waals surface area contributed by atoms with Crippen LogP contribution in [-0.4, -0.2) is 99.5 Å². The molecule has 0 aliphatic rings. The molecule has 174 valence electrons. The molecule has 0 aliphatic heterocycles. The summed E-state index contributed by atoms with van der Waals surface area (Å²) in [6.45, 7) is 8.93. The molecule has 30 heavy (non-hydrogen) atoms. The lowest BCUT2D eigenvalue weighted by atomic mass is 10.2. The molecular weight excluding hydrogens is 390 g/mol. The summed E-state index contributed by atoms with van der Waals surface area (Å²) in [5.74, 6) is 0. The Morgan fingerprint density at radius 3 is 1.27 bits per heavy atom. The molecule has 0 fully saturated rings. The molecule has 0 amide bonds. The molecule has 1 rings (SSSR count). The van der Waals surface area contributed by atoms with Crippen molar-refractivity contribution in [2.75, 3.05) is 99.5 Å². The molecule has 0 unspecified atom stereocenters. The van der Waals surface area contributed by atoms with Crippen molar-refractivity contribution in [3.05, 3.63) is 35.9 Å². The maximum atomic E-state index is 5.54. The van der Waals surface area contributed by atoms with Crippen molar-refractivity contribution in [3.8, 4) is 0 Å². The van der Waals surface area contributed by atoms with Gasteiger partial charge in [0.25, 0.3) is 0 Å². The molecule has 0 bridgehead atoms. The van der Waals surface area contributed by atoms with E-state index in [9.17, 15) is 0 Å². The Hall–Kier alpha value is -1.10. The van der Waals surface area contributed by atoms with E-state index < -0.39 is 0 Å². The number of likely N-dealkylation sites (N-methyl/N-ethyl adjacent to an activating group) is 1. The van der Waals surface area contributed by atoms with Crippen molar-refractivity contribution >= 4 is 0 Å². The Kier molecular flexibility index (Phi) is 20.3. The molecule has 0 radical (unpaired) electrons. The van der Waals surface area contributed by atoms with Crippen LogP contribution in [-0.2, 0) is 39.8 Å². The van der Waals surface area contributed by atoms with E-state index in [1.165, 1.54) is 5.56 Å². The number of benzene rings is 1. The van der Waals surface area contributed by atoms with Crippen molar-refractivity contribution in [1.82, 2.24) is 5.32 Å². The maximum absolute atomic E-state index is 5.54. The average Bonchev–Trinajstić information content (AvgIpc) is 2.78. The van der Waals surface area contributed by atoms with Crippen LogP contribution in [0.3, 0.4) is 0 Å². The third-order valence-corrected chi connectivity index (χ3v) is 3.84. The van der Waals surface area contributed by atoms with Gasteiger partial charge in [-0.3, -0.25) is 0 Å². The third-order valence-electron chi connectivity index (χ3n) is 3.84. The van der Waals surface area contributed by atoms with Crippen LogP contribution in [0, 0.1) is 0 Å². The molecule has 0 atom stereocenters. The largest absolute Gasteiger partial charge is 0.378 e. The van der Waals surface area contributed by atoms with Crippen LogP contribution in [0.5, 0.6) is 0 Å². The van der Waals surface area contributed by atoms with E-state index >= 15 is 0 Å². The summed E-state index contributed by atoms with van der Waals surface area (Å²) in [5, 5.41) is 3.02. The van der Waals surface area contributed by atoms with Crippen molar-refractivity contribution < 1.29 is 33.2 Å². The van der Waals surface area contributed by atoms with Crippen LogP contribution in [0.1, 0.15) is 5.56 Å². The monoisotopic (exact) mass is 429 g/mol. The first-order valence-corrected chi connectivity index (χ1v) is 10.7. The second-order valence-electron chi connectivity index (χ2n) is 6.32. The van der Waals surface area contributed by atoms with Gasteiger partial charge in [-0.15, -0.1) is 0 Å². The first-order chi connectivity index (χ1) is 14.9. The normalized spacial score (nSPS) is 11.2. The summed E-state index contributed by atoms with van der Waals surface area (Å²) in [4.78, 5) is 0. The molecular formula is C22H39NO7. The molecule has 8 nitrogen and oxygen atoms in total. The number of ether oxygens (including phenoxy) is 7. The summed E-state index contributed by atoms with van der Waals surface area (Å²) in [6, 6.07) is 10.1. The highest BCUT2D eigenvalue weighted by Crippen LogP contribution is 1.99. The molecule has 0 saturated carbocycles. The fourth-order valence-corrected chi connectivity index (χ4v) is 2.26. The molecule has 8 heteroatoms. The standard InChI is InChI=1S/C22H39NO7/c1-23-7-8-24-9-10-25-11-12-26-13-14-27-15-16-28-17-18-29-19-20-30-21-22-5-3-2-4-6-22/h2-6,23H,7-21H2,1H3. The highest BCUT2D eigenvalue weighted by molar-refractivity contribution is 5.13. The minimum Gasteiger partial charge on any atom is -0.378 e. The zero-order valence-electron chi connectivity index (χ0n) is 18.4. The van der Waals surface area contributed by atoms with Gasteiger partial charge in [0.05, 0.1) is 92.5 Å². The van der Waals surface area contributed by atoms with E-state index in [4.69, 9.17) is 33.2 Å². The second kappa shape index (κ2) is 22.6. The Balaban J connectivity index is 1.65. The van der Waals surface area contributed by atoms with Gasteiger partial charge < -0.3 is 38.5 Å². The molecule has 0 heterocycles. The Labute approximate surface area is 181 Å². The first kappa shape index (κ1) is 26.9. The van der Waals surface area contributed by atoms with E-state index in [2.05, 4.69) is 5.32 Å². The fourth-order valence-electron chi connectivity index (χ4n) is 2.26. The van der Waals surface area contributed by atoms with Gasteiger partial charge in [0.15, 0.2) is 0 Å². The minimum atomic E-state index is 0.546. The Bertz CT molecular complexity index is 450. The zero-order chi connectivity index (χ0) is 21.4. The van der Waals surface area contributed by atoms with Crippen LogP contribution in [0.4, 0.5) is 0 Å². The summed E-state index contributed by atoms with van der Waals surface area (Å²) in [6.07, 6.45) is 0. The van der Waals surface area contributed by atoms with E-state index in [0.717, 1.165) is 6.54 Å². The molecule has 0 spiro atoms. The van der Waals surface area contributed by atoms with Crippen molar-refractivity contribution in [3.63, 3.8) is 0 Å². The van der Waals surface area contributed by atoms with Gasteiger partial charge in [0.2, 0.25) is 0 Å². The summed E-state index contributed by atoms with van der Waals surface area (Å²) < 4.78 is 38.1. The third kappa shape index (κ3) is 18.9. The smallest absolute Gasteiger partial charge is 0.0718 e. The lowest BCUT2D eigenvalue weighted by Crippen LogP contribution is -2.17. The Morgan fingerprint density at radius 1 is 0.500 bits per heavy atom. The summed E-state index contributed by atoms with van der Waals surface area (Å²) in [7, 11) is 1.90. The first-order valence-electron chi connectivity index (χ1n) is 10.7. The van der Waals surface area contributed by atoms with Gasteiger partial charge in [0.1, 0.15) is 0 Å². The summed E-state index contributed by atoms with van der Waals surface area (Å²) >= 11 is 0. The number of nitrogens with one attached hydrogen (secondary N) is 1. The maximum Gasteiger partial charge on any atom is 0.0718 e. The van der Waals surface area contributed by atoms with Crippen LogP contribution in [0.25, 0.3) is 0 Å². The predicted molar refractivity (Wildman–Crippen MR) is 115 cm³/mol. The van der Waals surface area contributed by atoms with Crippen molar-refractivity contribution in [1.29, 1.82) is 0 Å². The lowest BCUT2D eigenvalue weighted by molar-refractivity contribution is -0.0210. The van der Waals surface area contributed by atoms with Crippen LogP contribution in [0.15, 0.2) is 30.3 Å². The van der Waals surface area contributed by atoms with Crippen molar-refractivity contribution in [2.45, 2.75) is 6.61 Å². The quantitative estimate of drug-likeness (QED) is 0.263. The molecule has 0 saturated heterocycles. The van der Waals surface area contributed by atoms with E-state index in [0.29, 0.717) is 92.5 Å². The van der Waals surface area contributed by atoms with Gasteiger partial charge in [-0.1, -0.05) is 30.3 Å². The number of hydrogen-bond donors (Lipinski definition) is 1. The molecule has 1 aromatic carbocycles. The fraction of sp³-hybridized carbons (Fsp3) is 0.727. The molecule has 0 aromatic heterocycles. The predicted octanol–water partition coefficient (Wildman–Crippen LogP) is 1.52. The van der Waals surface area contributed by atoms with Crippen LogP contribution < -0.4 is 5.32 Å². The molecule has 0 aliphatic carbocycles.